The van der Waals surface area contributed by atoms with Crippen LogP contribution in [0.15, 0.2) is 12.1 Å². The summed E-state index contributed by atoms with van der Waals surface area (Å²) in [5.41, 5.74) is -3.04. The Bertz CT molecular complexity index is 947. The van der Waals surface area contributed by atoms with Crippen LogP contribution in [0, 0.1) is 0 Å². The normalized spacial score (nSPS) is 14.6. The molecular formula is C29H48Cl2NO7P. The Kier molecular flexibility index (Phi) is 13.7. The number of hydrogen-bond donors (Lipinski definition) is 1. The summed E-state index contributed by atoms with van der Waals surface area (Å²) in [6, 6.07) is 3.56. The molecule has 1 N–H and O–H groups in total. The van der Waals surface area contributed by atoms with Gasteiger partial charge in [0.2, 0.25) is 0 Å². The minimum atomic E-state index is -1.99. The number of amides is 1. The first kappa shape index (κ1) is 36.9. The lowest BCUT2D eigenvalue weighted by Gasteiger charge is -2.50. The number of benzene rings is 1. The van der Waals surface area contributed by atoms with E-state index in [4.69, 9.17) is 46.7 Å². The van der Waals surface area contributed by atoms with Crippen molar-refractivity contribution in [1.82, 2.24) is 5.32 Å². The zero-order valence-corrected chi connectivity index (χ0v) is 28.4. The molecule has 0 saturated carbocycles. The highest BCUT2D eigenvalue weighted by molar-refractivity contribution is 7.17. The monoisotopic (exact) mass is 623 g/mol. The fourth-order valence-corrected chi connectivity index (χ4v) is 4.89. The van der Waals surface area contributed by atoms with Crippen molar-refractivity contribution in [1.29, 1.82) is 0 Å². The quantitative estimate of drug-likeness (QED) is 0.125. The number of carbonyl (C=O) groups excluding carboxylic acids is 1. The molecule has 0 aliphatic rings. The average molecular weight is 625 g/mol. The topological polar surface area (TPSA) is 92.3 Å². The first-order chi connectivity index (χ1) is 18.2. The number of rotatable bonds is 14. The molecule has 40 heavy (non-hydrogen) atoms. The van der Waals surface area contributed by atoms with Gasteiger partial charge in [-0.3, -0.25) is 0 Å². The summed E-state index contributed by atoms with van der Waals surface area (Å²) in [4.78, 5) is 13.1. The highest BCUT2D eigenvalue weighted by Gasteiger charge is 2.58. The van der Waals surface area contributed by atoms with Gasteiger partial charge in [-0.05, 0) is 106 Å². The molecule has 0 aromatic heterocycles. The van der Waals surface area contributed by atoms with Gasteiger partial charge in [0, 0.05) is 0 Å². The van der Waals surface area contributed by atoms with Crippen LogP contribution >= 0.6 is 31.9 Å². The summed E-state index contributed by atoms with van der Waals surface area (Å²) >= 11 is 13.1. The maximum atomic E-state index is 13.1. The molecule has 1 unspecified atom stereocenters. The van der Waals surface area contributed by atoms with Crippen LogP contribution in [0.3, 0.4) is 0 Å². The van der Waals surface area contributed by atoms with Gasteiger partial charge < -0.3 is 24.3 Å². The first-order valence-electron chi connectivity index (χ1n) is 13.7. The maximum Gasteiger partial charge on any atom is 0.408 e. The molecule has 1 aromatic carbocycles. The minimum Gasteiger partial charge on any atom is -0.490 e. The summed E-state index contributed by atoms with van der Waals surface area (Å²) in [6.45, 7) is 20.5. The molecule has 0 saturated heterocycles. The van der Waals surface area contributed by atoms with Gasteiger partial charge >= 0.3 is 20.8 Å². The molecule has 0 fully saturated rings. The predicted molar refractivity (Wildman–Crippen MR) is 161 cm³/mol. The summed E-state index contributed by atoms with van der Waals surface area (Å²) in [6.07, 6.45) is 2.89. The molecule has 0 aliphatic heterocycles. The highest BCUT2D eigenvalue weighted by atomic mass is 35.5. The van der Waals surface area contributed by atoms with Crippen molar-refractivity contribution in [3.05, 3.63) is 27.7 Å². The van der Waals surface area contributed by atoms with E-state index in [-0.39, 0.29) is 6.42 Å². The van der Waals surface area contributed by atoms with Crippen LogP contribution in [0.1, 0.15) is 107 Å². The molecule has 11 heteroatoms. The van der Waals surface area contributed by atoms with E-state index < -0.39 is 43.1 Å². The van der Waals surface area contributed by atoms with Gasteiger partial charge in [-0.25, -0.2) is 13.9 Å². The predicted octanol–water partition coefficient (Wildman–Crippen LogP) is 9.29. The Hall–Kier alpha value is -1.15. The van der Waals surface area contributed by atoms with E-state index in [9.17, 15) is 9.36 Å². The van der Waals surface area contributed by atoms with E-state index >= 15 is 0 Å². The van der Waals surface area contributed by atoms with E-state index in [2.05, 4.69) is 12.2 Å². The summed E-state index contributed by atoms with van der Waals surface area (Å²) in [5.74, 6) is -1.55. The fraction of sp³-hybridized carbons (Fsp3) is 0.759. The number of nitrogens with one attached hydrogen (secondary N) is 1. The third-order valence-electron chi connectivity index (χ3n) is 5.46. The van der Waals surface area contributed by atoms with Crippen LogP contribution in [0.25, 0.3) is 0 Å². The minimum absolute atomic E-state index is 0.206. The Morgan fingerprint density at radius 3 is 1.82 bits per heavy atom. The van der Waals surface area contributed by atoms with E-state index in [1.54, 1.807) is 39.8 Å². The maximum absolute atomic E-state index is 13.1. The molecule has 0 heterocycles. The molecule has 1 amide bonds. The third-order valence-corrected chi connectivity index (χ3v) is 6.33. The van der Waals surface area contributed by atoms with Gasteiger partial charge in [0.05, 0.1) is 27.9 Å². The largest absolute Gasteiger partial charge is 0.490 e. The van der Waals surface area contributed by atoms with E-state index in [0.717, 1.165) is 24.8 Å². The number of unbranched alkanes of at least 4 members (excludes halogenated alkanes) is 2. The summed E-state index contributed by atoms with van der Waals surface area (Å²) in [5, 5.41) is 3.68. The average Bonchev–Trinajstić information content (AvgIpc) is 2.73. The smallest absolute Gasteiger partial charge is 0.408 e. The van der Waals surface area contributed by atoms with Crippen molar-refractivity contribution in [3.63, 3.8) is 0 Å². The van der Waals surface area contributed by atoms with Crippen molar-refractivity contribution in [2.45, 2.75) is 137 Å². The molecule has 0 spiro atoms. The molecule has 230 valence electrons. The molecule has 0 aliphatic carbocycles. The lowest BCUT2D eigenvalue weighted by molar-refractivity contribution is -0.423. The second-order valence-electron chi connectivity index (χ2n) is 13.1. The van der Waals surface area contributed by atoms with Crippen molar-refractivity contribution < 1.29 is 32.8 Å². The third kappa shape index (κ3) is 12.4. The second kappa shape index (κ2) is 14.8. The SMILES string of the molecule is CCCCCOc1c(Cl)cc(CCC(C)(NC(=O)OC(C)(C)C)C(OP=O)(OC(C)(C)C)OC(C)(C)C)cc1Cl. The number of hydrogen-bond acceptors (Lipinski definition) is 7. The molecule has 1 aromatic rings. The molecule has 8 nitrogen and oxygen atoms in total. The number of ether oxygens (including phenoxy) is 4. The molecular weight excluding hydrogens is 576 g/mol. The van der Waals surface area contributed by atoms with Crippen LogP contribution in [0.5, 0.6) is 5.75 Å². The van der Waals surface area contributed by atoms with Crippen LogP contribution in [0.2, 0.25) is 10.0 Å². The zero-order chi connectivity index (χ0) is 31.0. The van der Waals surface area contributed by atoms with Crippen LogP contribution in [0.4, 0.5) is 4.79 Å². The Morgan fingerprint density at radius 1 is 0.875 bits per heavy atom. The number of halogens is 2. The van der Waals surface area contributed by atoms with Gasteiger partial charge in [-0.15, -0.1) is 0 Å². The Balaban J connectivity index is 3.53. The van der Waals surface area contributed by atoms with Crippen molar-refractivity contribution in [3.8, 4) is 5.75 Å². The van der Waals surface area contributed by atoms with Crippen molar-refractivity contribution in [2.75, 3.05) is 6.61 Å². The highest BCUT2D eigenvalue weighted by Crippen LogP contribution is 2.43. The van der Waals surface area contributed by atoms with Gasteiger partial charge in [0.1, 0.15) is 11.1 Å². The lowest BCUT2D eigenvalue weighted by Crippen LogP contribution is -2.69. The molecule has 0 bridgehead atoms. The summed E-state index contributed by atoms with van der Waals surface area (Å²) < 4.78 is 41.9. The summed E-state index contributed by atoms with van der Waals surface area (Å²) in [7, 11) is -0.700. The second-order valence-corrected chi connectivity index (χ2v) is 14.2. The van der Waals surface area contributed by atoms with E-state index in [1.165, 1.54) is 0 Å². The number of aryl methyl sites for hydroxylation is 1. The van der Waals surface area contributed by atoms with E-state index in [1.807, 2.05) is 41.5 Å². The van der Waals surface area contributed by atoms with Gasteiger partial charge in [0.15, 0.2) is 5.75 Å². The van der Waals surface area contributed by atoms with Gasteiger partial charge in [0.25, 0.3) is 0 Å². The van der Waals surface area contributed by atoms with Crippen LogP contribution < -0.4 is 10.1 Å². The van der Waals surface area contributed by atoms with Gasteiger partial charge in [-0.1, -0.05) is 43.0 Å². The Morgan fingerprint density at radius 2 is 1.40 bits per heavy atom. The lowest BCUT2D eigenvalue weighted by atomic mass is 9.89. The van der Waals surface area contributed by atoms with Crippen LogP contribution in [-0.2, 0) is 29.7 Å². The fourth-order valence-electron chi connectivity index (χ4n) is 3.88. The molecule has 1 rings (SSSR count). The van der Waals surface area contributed by atoms with Crippen molar-refractivity contribution >= 4 is 38.0 Å². The first-order valence-corrected chi connectivity index (χ1v) is 15.2. The van der Waals surface area contributed by atoms with Gasteiger partial charge in [-0.2, -0.15) is 0 Å². The number of carbonyl (C=O) groups is 1. The van der Waals surface area contributed by atoms with E-state index in [0.29, 0.717) is 28.8 Å². The zero-order valence-electron chi connectivity index (χ0n) is 26.0. The standard InChI is InChI=1S/C29H48Cl2NO7P/c1-12-13-14-17-35-23-21(30)18-20(19-22(23)31)15-16-28(11,32-24(33)36-25(2,3)4)29(39-40-34,37-26(5,6)7)38-27(8,9)10/h18-19H,12-17H2,1-11H3,(H,32,33). The molecule has 1 atom stereocenters. The van der Waals surface area contributed by atoms with Crippen LogP contribution in [-0.4, -0.2) is 41.0 Å². The number of alkyl carbamates (subject to hydrolysis) is 1. The Labute approximate surface area is 252 Å². The molecule has 0 radical (unpaired) electrons. The van der Waals surface area contributed by atoms with Crippen molar-refractivity contribution in [2.24, 2.45) is 0 Å².